The summed E-state index contributed by atoms with van der Waals surface area (Å²) in [5.74, 6) is 1.08. The zero-order valence-electron chi connectivity index (χ0n) is 20.4. The van der Waals surface area contributed by atoms with Crippen LogP contribution in [-0.2, 0) is 6.54 Å². The van der Waals surface area contributed by atoms with Gasteiger partial charge in [-0.2, -0.15) is 5.26 Å². The quantitative estimate of drug-likeness (QED) is 0.178. The summed E-state index contributed by atoms with van der Waals surface area (Å²) in [6.45, 7) is 10.8. The van der Waals surface area contributed by atoms with Crippen molar-refractivity contribution in [2.75, 3.05) is 18.0 Å². The predicted octanol–water partition coefficient (Wildman–Crippen LogP) is 5.66. The molecule has 1 unspecified atom stereocenters. The lowest BCUT2D eigenvalue weighted by Crippen LogP contribution is -2.21. The second kappa shape index (κ2) is 10.7. The van der Waals surface area contributed by atoms with Crippen molar-refractivity contribution in [2.24, 2.45) is 0 Å². The number of aliphatic hydroxyl groups excluding tert-OH is 1. The fourth-order valence-corrected chi connectivity index (χ4v) is 4.98. The summed E-state index contributed by atoms with van der Waals surface area (Å²) in [7, 11) is 0. The van der Waals surface area contributed by atoms with Crippen LogP contribution in [0, 0.1) is 11.3 Å². The van der Waals surface area contributed by atoms with Gasteiger partial charge < -0.3 is 19.6 Å². The standard InChI is InChI=1S/C26H29N7OS/c1-5-32(6-2)19-14-12-18(13-15-19)25-30-31-26(33(25)7-3)35-17(4)23(34)20(16-27)24-28-21-10-8-9-11-22(21)29-24/h8-15,17,34H,5-7H2,1-4H3,(H,28,29)/b23-20-. The molecule has 0 amide bonds. The number of thioether (sulfide) groups is 1. The summed E-state index contributed by atoms with van der Waals surface area (Å²) in [5.41, 5.74) is 3.83. The molecule has 35 heavy (non-hydrogen) atoms. The van der Waals surface area contributed by atoms with Crippen molar-refractivity contribution in [1.29, 1.82) is 5.26 Å². The van der Waals surface area contributed by atoms with E-state index in [1.54, 1.807) is 0 Å². The van der Waals surface area contributed by atoms with Crippen LogP contribution in [0.15, 0.2) is 59.4 Å². The van der Waals surface area contributed by atoms with E-state index in [1.807, 2.05) is 42.7 Å². The molecule has 0 aliphatic heterocycles. The molecule has 2 heterocycles. The molecule has 180 valence electrons. The van der Waals surface area contributed by atoms with Crippen molar-refractivity contribution >= 4 is 34.1 Å². The Morgan fingerprint density at radius 3 is 2.46 bits per heavy atom. The van der Waals surface area contributed by atoms with Gasteiger partial charge in [0.2, 0.25) is 0 Å². The van der Waals surface area contributed by atoms with E-state index in [4.69, 9.17) is 0 Å². The Bertz CT molecular complexity index is 1340. The van der Waals surface area contributed by atoms with E-state index in [1.165, 1.54) is 17.4 Å². The average Bonchev–Trinajstić information content (AvgIpc) is 3.49. The number of para-hydroxylation sites is 2. The van der Waals surface area contributed by atoms with Gasteiger partial charge in [0.25, 0.3) is 0 Å². The Balaban J connectivity index is 1.60. The molecule has 0 aliphatic carbocycles. The topological polar surface area (TPSA) is 107 Å². The number of imidazole rings is 1. The van der Waals surface area contributed by atoms with Crippen LogP contribution in [0.5, 0.6) is 0 Å². The first-order valence-electron chi connectivity index (χ1n) is 11.7. The van der Waals surface area contributed by atoms with Crippen molar-refractivity contribution in [3.63, 3.8) is 0 Å². The highest BCUT2D eigenvalue weighted by molar-refractivity contribution is 7.99. The van der Waals surface area contributed by atoms with Gasteiger partial charge in [0.1, 0.15) is 17.4 Å². The van der Waals surface area contributed by atoms with Gasteiger partial charge in [-0.05, 0) is 64.1 Å². The second-order valence-electron chi connectivity index (χ2n) is 8.00. The summed E-state index contributed by atoms with van der Waals surface area (Å²) < 4.78 is 2.02. The van der Waals surface area contributed by atoms with Gasteiger partial charge in [-0.3, -0.25) is 0 Å². The number of aromatic nitrogens is 5. The Labute approximate surface area is 209 Å². The molecule has 0 radical (unpaired) electrons. The molecule has 0 aliphatic rings. The minimum atomic E-state index is -0.426. The number of aliphatic hydroxyl groups is 1. The Morgan fingerprint density at radius 2 is 1.83 bits per heavy atom. The molecule has 9 heteroatoms. The van der Waals surface area contributed by atoms with Crippen molar-refractivity contribution in [3.8, 4) is 17.5 Å². The predicted molar refractivity (Wildman–Crippen MR) is 141 cm³/mol. The van der Waals surface area contributed by atoms with Gasteiger partial charge in [0.15, 0.2) is 16.8 Å². The van der Waals surface area contributed by atoms with Gasteiger partial charge in [-0.15, -0.1) is 10.2 Å². The largest absolute Gasteiger partial charge is 0.510 e. The molecule has 2 N–H and O–H groups in total. The van der Waals surface area contributed by atoms with Gasteiger partial charge in [-0.1, -0.05) is 23.9 Å². The fraction of sp³-hybridized carbons (Fsp3) is 0.308. The second-order valence-corrected chi connectivity index (χ2v) is 9.31. The zero-order valence-corrected chi connectivity index (χ0v) is 21.2. The third kappa shape index (κ3) is 4.88. The molecule has 2 aromatic carbocycles. The molecule has 0 fully saturated rings. The van der Waals surface area contributed by atoms with Crippen LogP contribution in [-0.4, -0.2) is 48.2 Å². The number of aromatic amines is 1. The van der Waals surface area contributed by atoms with E-state index in [0.717, 1.165) is 35.5 Å². The monoisotopic (exact) mass is 487 g/mol. The van der Waals surface area contributed by atoms with Gasteiger partial charge in [-0.25, -0.2) is 4.98 Å². The van der Waals surface area contributed by atoms with Gasteiger partial charge >= 0.3 is 0 Å². The summed E-state index contributed by atoms with van der Waals surface area (Å²) in [6, 6.07) is 18.0. The first-order chi connectivity index (χ1) is 17.0. The minimum Gasteiger partial charge on any atom is -0.510 e. The van der Waals surface area contributed by atoms with Gasteiger partial charge in [0, 0.05) is 30.9 Å². The molecule has 2 aromatic heterocycles. The normalized spacial score (nSPS) is 12.9. The lowest BCUT2D eigenvalue weighted by molar-refractivity contribution is 0.401. The van der Waals surface area contributed by atoms with Crippen LogP contribution in [0.1, 0.15) is 33.5 Å². The number of H-pyrrole nitrogens is 1. The first kappa shape index (κ1) is 24.4. The number of nitrogens with zero attached hydrogens (tertiary/aromatic N) is 6. The van der Waals surface area contributed by atoms with Crippen LogP contribution in [0.4, 0.5) is 5.69 Å². The van der Waals surface area contributed by atoms with Crippen molar-refractivity contribution in [1.82, 2.24) is 24.7 Å². The van der Waals surface area contributed by atoms with E-state index in [2.05, 4.69) is 69.2 Å². The summed E-state index contributed by atoms with van der Waals surface area (Å²) in [5, 5.41) is 29.8. The van der Waals surface area contributed by atoms with Crippen LogP contribution < -0.4 is 4.90 Å². The maximum Gasteiger partial charge on any atom is 0.192 e. The van der Waals surface area contributed by atoms with E-state index >= 15 is 0 Å². The highest BCUT2D eigenvalue weighted by Gasteiger charge is 2.22. The average molecular weight is 488 g/mol. The molecule has 8 nitrogen and oxygen atoms in total. The van der Waals surface area contributed by atoms with E-state index in [9.17, 15) is 10.4 Å². The number of benzene rings is 2. The Kier molecular flexibility index (Phi) is 7.42. The number of fused-ring (bicyclic) bond motifs is 1. The molecule has 0 saturated heterocycles. The fourth-order valence-electron chi connectivity index (χ4n) is 4.00. The maximum absolute atomic E-state index is 10.9. The van der Waals surface area contributed by atoms with E-state index < -0.39 is 5.25 Å². The first-order valence-corrected chi connectivity index (χ1v) is 12.6. The minimum absolute atomic E-state index is 0.0488. The number of hydrogen-bond donors (Lipinski definition) is 2. The van der Waals surface area contributed by atoms with Crippen molar-refractivity contribution in [2.45, 2.75) is 44.6 Å². The lowest BCUT2D eigenvalue weighted by Gasteiger charge is -2.21. The smallest absolute Gasteiger partial charge is 0.192 e. The molecule has 0 bridgehead atoms. The third-order valence-corrected chi connectivity index (χ3v) is 7.04. The van der Waals surface area contributed by atoms with Gasteiger partial charge in [0.05, 0.1) is 16.3 Å². The van der Waals surface area contributed by atoms with Crippen LogP contribution >= 0.6 is 11.8 Å². The zero-order chi connectivity index (χ0) is 24.9. The SMILES string of the molecule is CCN(CC)c1ccc(-c2nnc(SC(C)/C(O)=C(\C#N)c3nc4ccccc4[nH]3)n2CC)cc1. The maximum atomic E-state index is 10.9. The molecule has 1 atom stereocenters. The summed E-state index contributed by atoms with van der Waals surface area (Å²) in [6.07, 6.45) is 0. The molecular weight excluding hydrogens is 458 g/mol. The highest BCUT2D eigenvalue weighted by atomic mass is 32.2. The number of rotatable bonds is 9. The number of allylic oxidation sites excluding steroid dienone is 1. The Morgan fingerprint density at radius 1 is 1.11 bits per heavy atom. The number of anilines is 1. The van der Waals surface area contributed by atoms with E-state index in [-0.39, 0.29) is 11.3 Å². The number of hydrogen-bond acceptors (Lipinski definition) is 7. The number of nitriles is 1. The lowest BCUT2D eigenvalue weighted by atomic mass is 10.2. The molecule has 0 saturated carbocycles. The molecule has 0 spiro atoms. The van der Waals surface area contributed by atoms with Crippen molar-refractivity contribution < 1.29 is 5.11 Å². The molecule has 4 rings (SSSR count). The van der Waals surface area contributed by atoms with Crippen LogP contribution in [0.2, 0.25) is 0 Å². The molecule has 4 aromatic rings. The van der Waals surface area contributed by atoms with Crippen LogP contribution in [0.25, 0.3) is 28.0 Å². The van der Waals surface area contributed by atoms with E-state index in [0.29, 0.717) is 17.5 Å². The highest BCUT2D eigenvalue weighted by Crippen LogP contribution is 2.32. The van der Waals surface area contributed by atoms with Crippen molar-refractivity contribution in [3.05, 3.63) is 60.1 Å². The summed E-state index contributed by atoms with van der Waals surface area (Å²) >= 11 is 1.36. The Hall–Kier alpha value is -3.77. The molecular formula is C26H29N7OS. The third-order valence-electron chi connectivity index (χ3n) is 5.95. The number of nitrogens with one attached hydrogen (secondary N) is 1. The summed E-state index contributed by atoms with van der Waals surface area (Å²) in [4.78, 5) is 9.87. The van der Waals surface area contributed by atoms with Crippen LogP contribution in [0.3, 0.4) is 0 Å².